The molecule has 1 aromatic carbocycles. The average molecular weight is 364 g/mol. The van der Waals surface area contributed by atoms with Crippen LogP contribution in [0.3, 0.4) is 0 Å². The van der Waals surface area contributed by atoms with Crippen LogP contribution in [0.2, 0.25) is 0 Å². The van der Waals surface area contributed by atoms with E-state index in [4.69, 9.17) is 5.11 Å². The highest BCUT2D eigenvalue weighted by Crippen LogP contribution is 2.40. The topological polar surface area (TPSA) is 81.1 Å². The molecule has 2 heterocycles. The number of aliphatic hydroxyl groups excluding tert-OH is 2. The highest BCUT2D eigenvalue weighted by Gasteiger charge is 2.42. The number of likely N-dealkylation sites (tertiary alicyclic amines) is 2. The second-order valence-corrected chi connectivity index (χ2v) is 7.32. The first-order chi connectivity index (χ1) is 12.4. The van der Waals surface area contributed by atoms with Crippen molar-refractivity contribution in [2.45, 2.75) is 31.8 Å². The molecule has 2 amide bonds. The molecule has 0 radical (unpaired) electrons. The van der Waals surface area contributed by atoms with Crippen LogP contribution in [-0.4, -0.2) is 64.6 Å². The number of piperidine rings is 2. The van der Waals surface area contributed by atoms with Gasteiger partial charge in [-0.2, -0.15) is 0 Å². The first kappa shape index (κ1) is 18.8. The van der Waals surface area contributed by atoms with Gasteiger partial charge in [0, 0.05) is 32.6 Å². The van der Waals surface area contributed by atoms with E-state index in [-0.39, 0.29) is 23.8 Å². The van der Waals surface area contributed by atoms with Crippen molar-refractivity contribution in [2.75, 3.05) is 32.8 Å². The van der Waals surface area contributed by atoms with Crippen molar-refractivity contribution in [3.63, 3.8) is 0 Å². The van der Waals surface area contributed by atoms with Crippen LogP contribution in [0.4, 0.5) is 4.39 Å². The number of aliphatic hydroxyl groups is 2. The quantitative estimate of drug-likeness (QED) is 0.838. The molecule has 2 N–H and O–H groups in total. The van der Waals surface area contributed by atoms with Gasteiger partial charge in [0.05, 0.1) is 6.61 Å². The van der Waals surface area contributed by atoms with Crippen molar-refractivity contribution >= 4 is 11.8 Å². The van der Waals surface area contributed by atoms with E-state index >= 15 is 0 Å². The molecule has 3 rings (SSSR count). The summed E-state index contributed by atoms with van der Waals surface area (Å²) in [6.07, 6.45) is 1.53. The van der Waals surface area contributed by atoms with Crippen LogP contribution < -0.4 is 0 Å². The van der Waals surface area contributed by atoms with E-state index in [0.29, 0.717) is 38.2 Å². The van der Waals surface area contributed by atoms with E-state index in [0.717, 1.165) is 19.3 Å². The van der Waals surface area contributed by atoms with E-state index in [9.17, 15) is 19.1 Å². The van der Waals surface area contributed by atoms with Gasteiger partial charge in [0.2, 0.25) is 5.91 Å². The first-order valence-electron chi connectivity index (χ1n) is 9.05. The molecule has 1 atom stereocenters. The Bertz CT molecular complexity index is 656. The maximum atomic E-state index is 13.0. The number of benzene rings is 1. The Hall–Kier alpha value is -1.99. The minimum Gasteiger partial charge on any atom is -0.395 e. The van der Waals surface area contributed by atoms with Gasteiger partial charge in [-0.05, 0) is 42.4 Å². The molecule has 1 aromatic rings. The van der Waals surface area contributed by atoms with Crippen LogP contribution in [-0.2, 0) is 9.59 Å². The van der Waals surface area contributed by atoms with Crippen molar-refractivity contribution in [3.05, 3.63) is 35.6 Å². The van der Waals surface area contributed by atoms with Gasteiger partial charge in [-0.15, -0.1) is 0 Å². The fourth-order valence-electron chi connectivity index (χ4n) is 4.00. The Morgan fingerprint density at radius 1 is 1.19 bits per heavy atom. The third-order valence-electron chi connectivity index (χ3n) is 5.67. The fraction of sp³-hybridized carbons (Fsp3) is 0.579. The Kier molecular flexibility index (Phi) is 5.58. The van der Waals surface area contributed by atoms with Crippen LogP contribution in [0.5, 0.6) is 0 Å². The summed E-state index contributed by atoms with van der Waals surface area (Å²) in [5.41, 5.74) is 0.370. The number of amides is 2. The molecule has 0 aromatic heterocycles. The molecule has 0 unspecified atom stereocenters. The molecule has 0 bridgehead atoms. The lowest BCUT2D eigenvalue weighted by molar-refractivity contribution is -0.147. The standard InChI is InChI=1S/C19H25FN2O4/c20-15-3-1-14(2-4-15)17(25)18(26)21-9-7-19(8-10-21)6-5-16(24)22(13-19)11-12-23/h1-4,17,23,25H,5-13H2/t17-/m0/s1. The molecule has 6 nitrogen and oxygen atoms in total. The number of carbonyl (C=O) groups is 2. The highest BCUT2D eigenvalue weighted by molar-refractivity contribution is 5.82. The van der Waals surface area contributed by atoms with Crippen LogP contribution in [0.1, 0.15) is 37.4 Å². The van der Waals surface area contributed by atoms with Crippen LogP contribution in [0.15, 0.2) is 24.3 Å². The third-order valence-corrected chi connectivity index (χ3v) is 5.67. The summed E-state index contributed by atoms with van der Waals surface area (Å²) in [7, 11) is 0. The summed E-state index contributed by atoms with van der Waals surface area (Å²) in [6.45, 7) is 1.98. The second-order valence-electron chi connectivity index (χ2n) is 7.32. The fourth-order valence-corrected chi connectivity index (χ4v) is 4.00. The monoisotopic (exact) mass is 364 g/mol. The Balaban J connectivity index is 1.60. The highest BCUT2D eigenvalue weighted by atomic mass is 19.1. The Morgan fingerprint density at radius 2 is 1.85 bits per heavy atom. The molecule has 2 aliphatic rings. The summed E-state index contributed by atoms with van der Waals surface area (Å²) in [4.78, 5) is 27.9. The van der Waals surface area contributed by atoms with E-state index in [1.165, 1.54) is 24.3 Å². The van der Waals surface area contributed by atoms with E-state index in [1.807, 2.05) is 0 Å². The van der Waals surface area contributed by atoms with Gasteiger partial charge in [0.1, 0.15) is 5.82 Å². The minimum atomic E-state index is -1.29. The lowest BCUT2D eigenvalue weighted by Crippen LogP contribution is -2.53. The maximum absolute atomic E-state index is 13.0. The molecule has 26 heavy (non-hydrogen) atoms. The Labute approximate surface area is 152 Å². The molecule has 2 aliphatic heterocycles. The largest absolute Gasteiger partial charge is 0.395 e. The van der Waals surface area contributed by atoms with Gasteiger partial charge in [-0.1, -0.05) is 12.1 Å². The normalized spacial score (nSPS) is 21.1. The number of hydrogen-bond donors (Lipinski definition) is 2. The van der Waals surface area contributed by atoms with Crippen molar-refractivity contribution in [2.24, 2.45) is 5.41 Å². The van der Waals surface area contributed by atoms with Gasteiger partial charge in [0.25, 0.3) is 5.91 Å². The molecule has 0 saturated carbocycles. The number of hydrogen-bond acceptors (Lipinski definition) is 4. The number of β-amino-alcohol motifs (C(OH)–C–C–N with tert-alkyl or cyclic N) is 1. The maximum Gasteiger partial charge on any atom is 0.256 e. The lowest BCUT2D eigenvalue weighted by Gasteiger charge is -2.47. The zero-order valence-electron chi connectivity index (χ0n) is 14.7. The first-order valence-corrected chi connectivity index (χ1v) is 9.05. The predicted octanol–water partition coefficient (Wildman–Crippen LogP) is 1.08. The van der Waals surface area contributed by atoms with E-state index < -0.39 is 11.9 Å². The van der Waals surface area contributed by atoms with Crippen molar-refractivity contribution in [3.8, 4) is 0 Å². The number of nitrogens with zero attached hydrogens (tertiary/aromatic N) is 2. The summed E-state index contributed by atoms with van der Waals surface area (Å²) < 4.78 is 13.0. The predicted molar refractivity (Wildman–Crippen MR) is 92.5 cm³/mol. The van der Waals surface area contributed by atoms with Crippen LogP contribution >= 0.6 is 0 Å². The second kappa shape index (κ2) is 7.72. The third kappa shape index (κ3) is 3.88. The number of rotatable bonds is 4. The minimum absolute atomic E-state index is 0.0132. The van der Waals surface area contributed by atoms with Crippen molar-refractivity contribution in [1.29, 1.82) is 0 Å². The number of halogens is 1. The molecule has 2 saturated heterocycles. The van der Waals surface area contributed by atoms with Crippen LogP contribution in [0, 0.1) is 11.2 Å². The molecule has 7 heteroatoms. The van der Waals surface area contributed by atoms with Crippen molar-refractivity contribution in [1.82, 2.24) is 9.80 Å². The van der Waals surface area contributed by atoms with E-state index in [1.54, 1.807) is 9.80 Å². The summed E-state index contributed by atoms with van der Waals surface area (Å²) >= 11 is 0. The van der Waals surface area contributed by atoms with Gasteiger partial charge in [-0.3, -0.25) is 9.59 Å². The summed E-state index contributed by atoms with van der Waals surface area (Å²) in [5.74, 6) is -0.701. The van der Waals surface area contributed by atoms with Gasteiger partial charge in [0.15, 0.2) is 6.10 Å². The van der Waals surface area contributed by atoms with Gasteiger partial charge < -0.3 is 20.0 Å². The molecular weight excluding hydrogens is 339 g/mol. The zero-order valence-corrected chi connectivity index (χ0v) is 14.7. The SMILES string of the molecule is O=C1CCC2(CCN(C(=O)[C@@H](O)c3ccc(F)cc3)CC2)CN1CCO. The molecule has 2 fully saturated rings. The Morgan fingerprint density at radius 3 is 2.46 bits per heavy atom. The average Bonchev–Trinajstić information content (AvgIpc) is 2.65. The van der Waals surface area contributed by atoms with Crippen LogP contribution in [0.25, 0.3) is 0 Å². The lowest BCUT2D eigenvalue weighted by atomic mass is 9.72. The van der Waals surface area contributed by atoms with Gasteiger partial charge in [-0.25, -0.2) is 4.39 Å². The number of carbonyl (C=O) groups excluding carboxylic acids is 2. The van der Waals surface area contributed by atoms with Gasteiger partial charge >= 0.3 is 0 Å². The molecule has 142 valence electrons. The van der Waals surface area contributed by atoms with E-state index in [2.05, 4.69) is 0 Å². The summed E-state index contributed by atoms with van der Waals surface area (Å²) in [6, 6.07) is 5.29. The summed E-state index contributed by atoms with van der Waals surface area (Å²) in [5, 5.41) is 19.4. The molecule has 0 aliphatic carbocycles. The zero-order chi connectivity index (χ0) is 18.7. The smallest absolute Gasteiger partial charge is 0.256 e. The van der Waals surface area contributed by atoms with Crippen molar-refractivity contribution < 1.29 is 24.2 Å². The molecular formula is C19H25FN2O4. The molecule has 1 spiro atoms.